The predicted octanol–water partition coefficient (Wildman–Crippen LogP) is 6.93. The zero-order valence-electron chi connectivity index (χ0n) is 18.0. The van der Waals surface area contributed by atoms with E-state index < -0.39 is 0 Å². The molecule has 4 aromatic rings. The van der Waals surface area contributed by atoms with Gasteiger partial charge in [-0.05, 0) is 54.2 Å². The molecule has 31 heavy (non-hydrogen) atoms. The highest BCUT2D eigenvalue weighted by Gasteiger charge is 2.34. The van der Waals surface area contributed by atoms with Gasteiger partial charge in [-0.3, -0.25) is 5.43 Å². The van der Waals surface area contributed by atoms with Crippen LogP contribution in [-0.4, -0.2) is 10.3 Å². The molecule has 0 radical (unpaired) electrons. The van der Waals surface area contributed by atoms with Crippen molar-refractivity contribution < 1.29 is 0 Å². The number of nitrogens with zero attached hydrogens (tertiary/aromatic N) is 2. The molecule has 1 aliphatic rings. The summed E-state index contributed by atoms with van der Waals surface area (Å²) >= 11 is 0. The fraction of sp³-hybridized carbons (Fsp3) is 0.179. The minimum absolute atomic E-state index is 0.128. The minimum Gasteiger partial charge on any atom is -0.313 e. The first-order chi connectivity index (χ1) is 15.1. The summed E-state index contributed by atoms with van der Waals surface area (Å²) in [4.78, 5) is 0. The molecule has 0 saturated heterocycles. The number of benzene rings is 3. The molecule has 1 heterocycles. The van der Waals surface area contributed by atoms with Gasteiger partial charge in [0, 0.05) is 16.9 Å². The summed E-state index contributed by atoms with van der Waals surface area (Å²) in [5.41, 5.74) is 11.7. The van der Waals surface area contributed by atoms with Crippen molar-refractivity contribution in [1.29, 1.82) is 0 Å². The fourth-order valence-corrected chi connectivity index (χ4v) is 4.48. The maximum Gasteiger partial charge on any atom is 0.0703 e. The Morgan fingerprint density at radius 3 is 2.06 bits per heavy atom. The third kappa shape index (κ3) is 3.91. The molecule has 0 fully saturated rings. The van der Waals surface area contributed by atoms with Gasteiger partial charge in [0.05, 0.1) is 17.1 Å². The van der Waals surface area contributed by atoms with Crippen molar-refractivity contribution in [2.45, 2.75) is 26.7 Å². The summed E-state index contributed by atoms with van der Waals surface area (Å²) in [5, 5.41) is 4.89. The van der Waals surface area contributed by atoms with E-state index in [0.717, 1.165) is 24.2 Å². The molecule has 0 unspecified atom stereocenters. The lowest BCUT2D eigenvalue weighted by Gasteiger charge is -2.32. The fourth-order valence-electron chi connectivity index (χ4n) is 4.48. The van der Waals surface area contributed by atoms with Crippen LogP contribution in [0.5, 0.6) is 0 Å². The Hall–Kier alpha value is -3.59. The Morgan fingerprint density at radius 2 is 1.39 bits per heavy atom. The smallest absolute Gasteiger partial charge is 0.0703 e. The Labute approximate surface area is 184 Å². The van der Waals surface area contributed by atoms with Crippen LogP contribution >= 0.6 is 0 Å². The molecule has 3 heteroatoms. The predicted molar refractivity (Wildman–Crippen MR) is 130 cm³/mol. The number of para-hydroxylation sites is 2. The summed E-state index contributed by atoms with van der Waals surface area (Å²) in [7, 11) is 0. The molecule has 1 aliphatic carbocycles. The molecule has 0 amide bonds. The number of anilines is 1. The lowest BCUT2D eigenvalue weighted by molar-refractivity contribution is 0.366. The third-order valence-corrected chi connectivity index (χ3v) is 5.88. The van der Waals surface area contributed by atoms with Gasteiger partial charge in [-0.1, -0.05) is 80.6 Å². The molecule has 154 valence electrons. The molecule has 0 aliphatic heterocycles. The van der Waals surface area contributed by atoms with Gasteiger partial charge in [0.2, 0.25) is 0 Å². The largest absolute Gasteiger partial charge is 0.313 e. The highest BCUT2D eigenvalue weighted by Crippen LogP contribution is 2.40. The first-order valence-electron chi connectivity index (χ1n) is 10.8. The van der Waals surface area contributed by atoms with Gasteiger partial charge in [-0.25, -0.2) is 0 Å². The van der Waals surface area contributed by atoms with Gasteiger partial charge < -0.3 is 4.57 Å². The summed E-state index contributed by atoms with van der Waals surface area (Å²) < 4.78 is 2.42. The van der Waals surface area contributed by atoms with Gasteiger partial charge in [-0.15, -0.1) is 0 Å². The molecule has 0 saturated carbocycles. The lowest BCUT2D eigenvalue weighted by Crippen LogP contribution is -2.29. The van der Waals surface area contributed by atoms with Crippen LogP contribution < -0.4 is 5.43 Å². The normalized spacial score (nSPS) is 16.1. The van der Waals surface area contributed by atoms with E-state index in [1.54, 1.807) is 0 Å². The molecule has 0 bridgehead atoms. The molecule has 1 N–H and O–H groups in total. The SMILES string of the molecule is CC1(C)C/C(=N/Nc2ccccc2)c2cc(-c3ccccc3)n(-c3ccccc3)c2C1. The monoisotopic (exact) mass is 405 g/mol. The van der Waals surface area contributed by atoms with Crippen LogP contribution in [-0.2, 0) is 6.42 Å². The van der Waals surface area contributed by atoms with Crippen molar-refractivity contribution in [3.05, 3.63) is 108 Å². The highest BCUT2D eigenvalue weighted by atomic mass is 15.3. The second-order valence-corrected chi connectivity index (χ2v) is 8.98. The first kappa shape index (κ1) is 19.4. The Bertz CT molecular complexity index is 1200. The van der Waals surface area contributed by atoms with Gasteiger partial charge in [-0.2, -0.15) is 5.10 Å². The van der Waals surface area contributed by atoms with Crippen LogP contribution in [0, 0.1) is 5.41 Å². The van der Waals surface area contributed by atoms with Crippen molar-refractivity contribution in [1.82, 2.24) is 4.57 Å². The van der Waals surface area contributed by atoms with Crippen molar-refractivity contribution in [3.63, 3.8) is 0 Å². The number of hydrazone groups is 1. The van der Waals surface area contributed by atoms with Gasteiger partial charge in [0.1, 0.15) is 0 Å². The maximum atomic E-state index is 4.89. The first-order valence-corrected chi connectivity index (χ1v) is 10.8. The molecule has 1 aromatic heterocycles. The van der Waals surface area contributed by atoms with Crippen molar-refractivity contribution in [2.75, 3.05) is 5.43 Å². The van der Waals surface area contributed by atoms with Crippen LogP contribution in [0.3, 0.4) is 0 Å². The second-order valence-electron chi connectivity index (χ2n) is 8.98. The number of fused-ring (bicyclic) bond motifs is 1. The Morgan fingerprint density at radius 1 is 0.774 bits per heavy atom. The summed E-state index contributed by atoms with van der Waals surface area (Å²) in [6, 6.07) is 33.8. The molecule has 5 rings (SSSR count). The second kappa shape index (κ2) is 7.92. The van der Waals surface area contributed by atoms with E-state index >= 15 is 0 Å². The van der Waals surface area contributed by atoms with E-state index in [1.165, 1.54) is 28.2 Å². The van der Waals surface area contributed by atoms with Gasteiger partial charge in [0.25, 0.3) is 0 Å². The Balaban J connectivity index is 1.69. The van der Waals surface area contributed by atoms with E-state index in [9.17, 15) is 0 Å². The van der Waals surface area contributed by atoms with Crippen molar-refractivity contribution in [2.24, 2.45) is 10.5 Å². The van der Waals surface area contributed by atoms with Crippen molar-refractivity contribution >= 4 is 11.4 Å². The summed E-state index contributed by atoms with van der Waals surface area (Å²) in [5.74, 6) is 0. The minimum atomic E-state index is 0.128. The van der Waals surface area contributed by atoms with Crippen LogP contribution in [0.4, 0.5) is 5.69 Å². The number of rotatable bonds is 4. The number of aromatic nitrogens is 1. The van der Waals surface area contributed by atoms with Crippen LogP contribution in [0.25, 0.3) is 16.9 Å². The molecule has 0 atom stereocenters. The zero-order chi connectivity index (χ0) is 21.3. The number of hydrogen-bond donors (Lipinski definition) is 1. The van der Waals surface area contributed by atoms with E-state index in [4.69, 9.17) is 5.10 Å². The van der Waals surface area contributed by atoms with Gasteiger partial charge >= 0.3 is 0 Å². The Kier molecular flexibility index (Phi) is 4.95. The standard InChI is InChI=1S/C28H27N3/c1-28(2)19-25(30-29-22-14-8-4-9-15-22)24-18-26(21-12-6-3-7-13-21)31(27(24)20-28)23-16-10-5-11-17-23/h3-18,29H,19-20H2,1-2H3/b30-25-. The average molecular weight is 406 g/mol. The van der Waals surface area contributed by atoms with Crippen molar-refractivity contribution in [3.8, 4) is 16.9 Å². The third-order valence-electron chi connectivity index (χ3n) is 5.88. The molecule has 3 nitrogen and oxygen atoms in total. The van der Waals surface area contributed by atoms with Crippen LogP contribution in [0.1, 0.15) is 31.5 Å². The van der Waals surface area contributed by atoms with Crippen LogP contribution in [0.15, 0.2) is 102 Å². The lowest BCUT2D eigenvalue weighted by atomic mass is 9.76. The number of nitrogens with one attached hydrogen (secondary N) is 1. The number of hydrogen-bond acceptors (Lipinski definition) is 2. The molecular weight excluding hydrogens is 378 g/mol. The zero-order valence-corrected chi connectivity index (χ0v) is 18.0. The van der Waals surface area contributed by atoms with E-state index in [0.29, 0.717) is 0 Å². The highest BCUT2D eigenvalue weighted by molar-refractivity contribution is 6.04. The average Bonchev–Trinajstić information content (AvgIpc) is 3.17. The topological polar surface area (TPSA) is 29.3 Å². The summed E-state index contributed by atoms with van der Waals surface area (Å²) in [6.07, 6.45) is 1.95. The summed E-state index contributed by atoms with van der Waals surface area (Å²) in [6.45, 7) is 4.66. The van der Waals surface area contributed by atoms with Crippen LogP contribution in [0.2, 0.25) is 0 Å². The molecule has 3 aromatic carbocycles. The quantitative estimate of drug-likeness (QED) is 0.366. The van der Waals surface area contributed by atoms with E-state index in [1.807, 2.05) is 30.3 Å². The molecular formula is C28H27N3. The molecule has 0 spiro atoms. The van der Waals surface area contributed by atoms with Gasteiger partial charge in [0.15, 0.2) is 0 Å². The maximum absolute atomic E-state index is 4.89. The van der Waals surface area contributed by atoms with E-state index in [2.05, 4.69) is 90.6 Å². The van der Waals surface area contributed by atoms with E-state index in [-0.39, 0.29) is 5.41 Å².